The summed E-state index contributed by atoms with van der Waals surface area (Å²) in [5.74, 6) is 0. The van der Waals surface area contributed by atoms with Gasteiger partial charge in [-0.1, -0.05) is 66.7 Å². The standard InChI is InChI=1S/C23H20N4S/c28-23(25-20-11-5-2-6-12-20)26-24-15-19-17-27(16-18-9-3-1-4-10-18)22-14-8-7-13-21(19)22/h1-15,17H,16H2,(H2,25,26,28). The molecule has 0 amide bonds. The molecule has 4 aromatic rings. The molecule has 4 nitrogen and oxygen atoms in total. The minimum atomic E-state index is 0.454. The molecule has 4 rings (SSSR count). The van der Waals surface area contributed by atoms with Gasteiger partial charge in [-0.05, 0) is 36.0 Å². The van der Waals surface area contributed by atoms with Crippen molar-refractivity contribution < 1.29 is 0 Å². The van der Waals surface area contributed by atoms with Crippen LogP contribution in [0.1, 0.15) is 11.1 Å². The summed E-state index contributed by atoms with van der Waals surface area (Å²) in [6.45, 7) is 0.816. The van der Waals surface area contributed by atoms with Gasteiger partial charge in [-0.2, -0.15) is 5.10 Å². The van der Waals surface area contributed by atoms with Gasteiger partial charge < -0.3 is 9.88 Å². The van der Waals surface area contributed by atoms with Crippen molar-refractivity contribution in [1.29, 1.82) is 0 Å². The summed E-state index contributed by atoms with van der Waals surface area (Å²) in [6, 6.07) is 28.6. The van der Waals surface area contributed by atoms with Crippen molar-refractivity contribution in [2.45, 2.75) is 6.54 Å². The van der Waals surface area contributed by atoms with Crippen LogP contribution in [0.2, 0.25) is 0 Å². The van der Waals surface area contributed by atoms with Crippen LogP contribution < -0.4 is 10.7 Å². The summed E-state index contributed by atoms with van der Waals surface area (Å²) in [4.78, 5) is 0. The van der Waals surface area contributed by atoms with E-state index >= 15 is 0 Å². The number of hydrogen-bond donors (Lipinski definition) is 2. The molecule has 28 heavy (non-hydrogen) atoms. The van der Waals surface area contributed by atoms with Gasteiger partial charge in [0.1, 0.15) is 0 Å². The Morgan fingerprint density at radius 2 is 1.57 bits per heavy atom. The van der Waals surface area contributed by atoms with Gasteiger partial charge in [-0.15, -0.1) is 0 Å². The number of anilines is 1. The van der Waals surface area contributed by atoms with E-state index < -0.39 is 0 Å². The molecular formula is C23H20N4S. The molecule has 1 heterocycles. The third kappa shape index (κ3) is 4.27. The summed E-state index contributed by atoms with van der Waals surface area (Å²) >= 11 is 5.30. The smallest absolute Gasteiger partial charge is 0.191 e. The fourth-order valence-corrected chi connectivity index (χ4v) is 3.30. The van der Waals surface area contributed by atoms with Gasteiger partial charge in [0.15, 0.2) is 5.11 Å². The number of aromatic nitrogens is 1. The lowest BCUT2D eigenvalue weighted by Gasteiger charge is -2.05. The van der Waals surface area contributed by atoms with Crippen molar-refractivity contribution in [3.05, 3.63) is 102 Å². The number of nitrogens with one attached hydrogen (secondary N) is 2. The van der Waals surface area contributed by atoms with Crippen molar-refractivity contribution in [2.24, 2.45) is 5.10 Å². The molecule has 0 saturated heterocycles. The highest BCUT2D eigenvalue weighted by Crippen LogP contribution is 2.21. The molecule has 0 aliphatic carbocycles. The van der Waals surface area contributed by atoms with E-state index in [1.807, 2.05) is 48.7 Å². The van der Waals surface area contributed by atoms with Crippen LogP contribution in [0.25, 0.3) is 10.9 Å². The van der Waals surface area contributed by atoms with Crippen molar-refractivity contribution in [3.8, 4) is 0 Å². The average molecular weight is 385 g/mol. The van der Waals surface area contributed by atoms with Crippen LogP contribution in [0.3, 0.4) is 0 Å². The number of thiocarbonyl (C=S) groups is 1. The molecule has 5 heteroatoms. The zero-order valence-corrected chi connectivity index (χ0v) is 16.1. The van der Waals surface area contributed by atoms with E-state index in [1.165, 1.54) is 11.1 Å². The molecule has 0 fully saturated rings. The number of benzene rings is 3. The summed E-state index contributed by atoms with van der Waals surface area (Å²) in [6.07, 6.45) is 3.93. The van der Waals surface area contributed by atoms with E-state index in [9.17, 15) is 0 Å². The first-order chi connectivity index (χ1) is 13.8. The number of fused-ring (bicyclic) bond motifs is 1. The third-order valence-electron chi connectivity index (χ3n) is 4.42. The van der Waals surface area contributed by atoms with E-state index in [0.29, 0.717) is 5.11 Å². The van der Waals surface area contributed by atoms with Gasteiger partial charge in [-0.3, -0.25) is 5.43 Å². The minimum Gasteiger partial charge on any atom is -0.342 e. The van der Waals surface area contributed by atoms with Gasteiger partial charge >= 0.3 is 0 Å². The fraction of sp³-hybridized carbons (Fsp3) is 0.0435. The lowest BCUT2D eigenvalue weighted by Crippen LogP contribution is -2.23. The highest BCUT2D eigenvalue weighted by molar-refractivity contribution is 7.80. The van der Waals surface area contributed by atoms with Gasteiger partial charge in [0.05, 0.1) is 6.21 Å². The van der Waals surface area contributed by atoms with Crippen LogP contribution in [0, 0.1) is 0 Å². The molecule has 3 aromatic carbocycles. The maximum atomic E-state index is 5.30. The second kappa shape index (κ2) is 8.50. The molecule has 0 unspecified atom stereocenters. The molecule has 0 aliphatic heterocycles. The number of nitrogens with zero attached hydrogens (tertiary/aromatic N) is 2. The first-order valence-corrected chi connectivity index (χ1v) is 9.47. The molecule has 0 radical (unpaired) electrons. The molecule has 0 spiro atoms. The van der Waals surface area contributed by atoms with E-state index in [0.717, 1.165) is 23.2 Å². The van der Waals surface area contributed by atoms with Gasteiger partial charge in [0.2, 0.25) is 0 Å². The van der Waals surface area contributed by atoms with E-state index in [-0.39, 0.29) is 0 Å². The summed E-state index contributed by atoms with van der Waals surface area (Å²) < 4.78 is 2.24. The van der Waals surface area contributed by atoms with Crippen LogP contribution in [0.15, 0.2) is 96.2 Å². The SMILES string of the molecule is S=C(NN=Cc1cn(Cc2ccccc2)c2ccccc12)Nc1ccccc1. The third-order valence-corrected chi connectivity index (χ3v) is 4.61. The lowest BCUT2D eigenvalue weighted by atomic mass is 10.2. The van der Waals surface area contributed by atoms with Crippen molar-refractivity contribution in [3.63, 3.8) is 0 Å². The Bertz CT molecular complexity index is 1100. The van der Waals surface area contributed by atoms with Crippen molar-refractivity contribution in [1.82, 2.24) is 9.99 Å². The summed E-state index contributed by atoms with van der Waals surface area (Å²) in [7, 11) is 0. The molecule has 2 N–H and O–H groups in total. The highest BCUT2D eigenvalue weighted by Gasteiger charge is 2.07. The largest absolute Gasteiger partial charge is 0.342 e. The lowest BCUT2D eigenvalue weighted by molar-refractivity contribution is 0.836. The van der Waals surface area contributed by atoms with E-state index in [2.05, 4.69) is 69.1 Å². The zero-order valence-electron chi connectivity index (χ0n) is 15.2. The van der Waals surface area contributed by atoms with Gasteiger partial charge in [-0.25, -0.2) is 0 Å². The minimum absolute atomic E-state index is 0.454. The van der Waals surface area contributed by atoms with Gasteiger partial charge in [0.25, 0.3) is 0 Å². The summed E-state index contributed by atoms with van der Waals surface area (Å²) in [5, 5.41) is 9.03. The highest BCUT2D eigenvalue weighted by atomic mass is 32.1. The van der Waals surface area contributed by atoms with Crippen LogP contribution in [-0.2, 0) is 6.54 Å². The zero-order chi connectivity index (χ0) is 19.2. The predicted octanol–water partition coefficient (Wildman–Crippen LogP) is 5.01. The monoisotopic (exact) mass is 384 g/mol. The van der Waals surface area contributed by atoms with Gasteiger partial charge in [0, 0.05) is 34.9 Å². The maximum absolute atomic E-state index is 5.30. The maximum Gasteiger partial charge on any atom is 0.191 e. The first-order valence-electron chi connectivity index (χ1n) is 9.06. The molecular weight excluding hydrogens is 364 g/mol. The van der Waals surface area contributed by atoms with Crippen LogP contribution in [-0.4, -0.2) is 15.9 Å². The Labute approximate surface area is 169 Å². The number of para-hydroxylation sites is 2. The molecule has 0 atom stereocenters. The predicted molar refractivity (Wildman–Crippen MR) is 121 cm³/mol. The molecule has 1 aromatic heterocycles. The molecule has 0 saturated carbocycles. The number of hydrazone groups is 1. The summed E-state index contributed by atoms with van der Waals surface area (Å²) in [5.41, 5.74) is 7.29. The average Bonchev–Trinajstić information content (AvgIpc) is 3.07. The number of hydrogen-bond acceptors (Lipinski definition) is 2. The Kier molecular flexibility index (Phi) is 5.45. The second-order valence-electron chi connectivity index (χ2n) is 6.41. The van der Waals surface area contributed by atoms with Crippen molar-refractivity contribution >= 4 is 40.1 Å². The van der Waals surface area contributed by atoms with Crippen LogP contribution >= 0.6 is 12.2 Å². The first kappa shape index (κ1) is 17.9. The molecule has 0 bridgehead atoms. The quantitative estimate of drug-likeness (QED) is 0.289. The van der Waals surface area contributed by atoms with Crippen LogP contribution in [0.4, 0.5) is 5.69 Å². The normalized spacial score (nSPS) is 11.0. The van der Waals surface area contributed by atoms with Crippen molar-refractivity contribution in [2.75, 3.05) is 5.32 Å². The Balaban J connectivity index is 1.50. The second-order valence-corrected chi connectivity index (χ2v) is 6.81. The Hall–Kier alpha value is -3.44. The molecule has 0 aliphatic rings. The van der Waals surface area contributed by atoms with E-state index in [4.69, 9.17) is 12.2 Å². The fourth-order valence-electron chi connectivity index (χ4n) is 3.13. The van der Waals surface area contributed by atoms with E-state index in [1.54, 1.807) is 0 Å². The Morgan fingerprint density at radius 3 is 2.36 bits per heavy atom. The number of rotatable bonds is 5. The Morgan fingerprint density at radius 1 is 0.893 bits per heavy atom. The molecule has 138 valence electrons. The van der Waals surface area contributed by atoms with Crippen LogP contribution in [0.5, 0.6) is 0 Å². The topological polar surface area (TPSA) is 41.4 Å².